The molecule has 0 saturated carbocycles. The summed E-state index contributed by atoms with van der Waals surface area (Å²) >= 11 is 0. The van der Waals surface area contributed by atoms with E-state index in [1.807, 2.05) is 0 Å². The van der Waals surface area contributed by atoms with Crippen LogP contribution in [0.15, 0.2) is 24.3 Å². The summed E-state index contributed by atoms with van der Waals surface area (Å²) in [6.45, 7) is 0.333. The highest BCUT2D eigenvalue weighted by Crippen LogP contribution is 2.55. The van der Waals surface area contributed by atoms with E-state index in [1.165, 1.54) is 0 Å². The molecular weight excluding hydrogens is 484 g/mol. The fraction of sp³-hybridized carbons (Fsp3) is 0.500. The van der Waals surface area contributed by atoms with Gasteiger partial charge in [0, 0.05) is 25.0 Å². The highest BCUT2D eigenvalue weighted by Gasteiger charge is 2.77. The van der Waals surface area contributed by atoms with Gasteiger partial charge in [0.2, 0.25) is 0 Å². The van der Waals surface area contributed by atoms with Crippen LogP contribution >= 0.6 is 0 Å². The summed E-state index contributed by atoms with van der Waals surface area (Å²) in [4.78, 5) is 21.9. The predicted octanol–water partition coefficient (Wildman–Crippen LogP) is 5.45. The summed E-state index contributed by atoms with van der Waals surface area (Å²) in [6.07, 6.45) is -25.7. The van der Waals surface area contributed by atoms with Crippen molar-refractivity contribution in [1.82, 2.24) is 0 Å². The first-order valence-corrected chi connectivity index (χ1v) is 7.81. The number of rotatable bonds is 4. The number of esters is 2. The normalized spacial score (nSPS) is 14.2. The molecule has 0 N–H and O–H groups in total. The zero-order valence-corrected chi connectivity index (χ0v) is 15.5. The molecule has 0 saturated heterocycles. The molecule has 182 valence electrons. The van der Waals surface area contributed by atoms with Crippen molar-refractivity contribution < 1.29 is 71.7 Å². The van der Waals surface area contributed by atoms with Crippen molar-refractivity contribution in [3.63, 3.8) is 0 Å². The van der Waals surface area contributed by atoms with E-state index in [1.54, 1.807) is 0 Å². The lowest BCUT2D eigenvalue weighted by Crippen LogP contribution is -2.57. The van der Waals surface area contributed by atoms with Crippen molar-refractivity contribution >= 4 is 11.9 Å². The van der Waals surface area contributed by atoms with Crippen LogP contribution in [0.2, 0.25) is 0 Å². The lowest BCUT2D eigenvalue weighted by molar-refractivity contribution is -0.378. The van der Waals surface area contributed by atoms with Crippen LogP contribution in [-0.4, -0.2) is 36.6 Å². The van der Waals surface area contributed by atoms with Gasteiger partial charge < -0.3 is 9.47 Å². The Balaban J connectivity index is 3.93. The number of carbonyl (C=O) groups excluding carboxylic acids is 2. The van der Waals surface area contributed by atoms with Gasteiger partial charge in [0.1, 0.15) is 0 Å². The first kappa shape index (κ1) is 27.4. The van der Waals surface area contributed by atoms with Crippen molar-refractivity contribution in [2.24, 2.45) is 0 Å². The Kier molecular flexibility index (Phi) is 6.86. The monoisotopic (exact) mass is 494 g/mol. The van der Waals surface area contributed by atoms with Crippen LogP contribution in [0.25, 0.3) is 0 Å². The predicted molar refractivity (Wildman–Crippen MR) is 77.6 cm³/mol. The Hall–Kier alpha value is -2.68. The highest BCUT2D eigenvalue weighted by atomic mass is 19.4. The smallest absolute Gasteiger partial charge is 0.435 e. The summed E-state index contributed by atoms with van der Waals surface area (Å²) in [5.74, 6) is -4.22. The summed E-state index contributed by atoms with van der Waals surface area (Å²) in [6, 6.07) is -1.63. The van der Waals surface area contributed by atoms with Gasteiger partial charge in [-0.05, 0) is 0 Å². The average Bonchev–Trinajstić information content (AvgIpc) is 2.53. The SMILES string of the molecule is CC(=O)OC(c1ccc(C(OC(C)=O)(C(F)(F)F)C(F)(F)F)cc1)(C(F)(F)F)C(F)(F)F. The van der Waals surface area contributed by atoms with Crippen molar-refractivity contribution in [3.05, 3.63) is 35.4 Å². The summed E-state index contributed by atoms with van der Waals surface area (Å²) in [7, 11) is 0. The Morgan fingerprint density at radius 2 is 0.719 bits per heavy atom. The van der Waals surface area contributed by atoms with Gasteiger partial charge in [0.05, 0.1) is 0 Å². The Morgan fingerprint density at radius 1 is 0.531 bits per heavy atom. The van der Waals surface area contributed by atoms with E-state index in [0.717, 1.165) is 0 Å². The van der Waals surface area contributed by atoms with Crippen LogP contribution in [0.5, 0.6) is 0 Å². The fourth-order valence-corrected chi connectivity index (χ4v) is 2.70. The molecule has 0 aromatic heterocycles. The van der Waals surface area contributed by atoms with Gasteiger partial charge in [0.15, 0.2) is 0 Å². The van der Waals surface area contributed by atoms with Crippen LogP contribution < -0.4 is 0 Å². The molecule has 0 heterocycles. The third-order valence-electron chi connectivity index (χ3n) is 3.89. The number of hydrogen-bond acceptors (Lipinski definition) is 4. The molecule has 0 radical (unpaired) electrons. The molecule has 0 amide bonds. The lowest BCUT2D eigenvalue weighted by Gasteiger charge is -2.38. The number of benzene rings is 1. The molecule has 1 aromatic carbocycles. The average molecular weight is 494 g/mol. The van der Waals surface area contributed by atoms with Crippen molar-refractivity contribution in [3.8, 4) is 0 Å². The third-order valence-corrected chi connectivity index (χ3v) is 3.89. The minimum absolute atomic E-state index is 0.166. The molecule has 0 atom stereocenters. The van der Waals surface area contributed by atoms with E-state index >= 15 is 0 Å². The molecule has 32 heavy (non-hydrogen) atoms. The number of ether oxygens (including phenoxy) is 2. The van der Waals surface area contributed by atoms with Crippen molar-refractivity contribution in [2.75, 3.05) is 0 Å². The summed E-state index contributed by atoms with van der Waals surface area (Å²) < 4.78 is 167. The van der Waals surface area contributed by atoms with Crippen LogP contribution in [0.3, 0.4) is 0 Å². The molecule has 0 aliphatic carbocycles. The first-order valence-electron chi connectivity index (χ1n) is 7.81. The molecule has 0 aliphatic heterocycles. The van der Waals surface area contributed by atoms with Gasteiger partial charge >= 0.3 is 47.8 Å². The Bertz CT molecular complexity index is 747. The number of hydrogen-bond donors (Lipinski definition) is 0. The molecule has 0 spiro atoms. The highest BCUT2D eigenvalue weighted by molar-refractivity contribution is 5.68. The minimum atomic E-state index is -6.43. The fourth-order valence-electron chi connectivity index (χ4n) is 2.70. The number of carbonyl (C=O) groups is 2. The second kappa shape index (κ2) is 8.03. The number of halogens is 12. The molecule has 0 unspecified atom stereocenters. The molecular formula is C16H10F12O4. The zero-order chi connectivity index (χ0) is 25.6. The molecule has 0 fully saturated rings. The maximum atomic E-state index is 13.4. The topological polar surface area (TPSA) is 52.6 Å². The quantitative estimate of drug-likeness (QED) is 0.413. The van der Waals surface area contributed by atoms with E-state index in [2.05, 4.69) is 9.47 Å². The van der Waals surface area contributed by atoms with Gasteiger partial charge in [-0.2, -0.15) is 52.7 Å². The second-order valence-electron chi connectivity index (χ2n) is 6.12. The van der Waals surface area contributed by atoms with Gasteiger partial charge in [-0.1, -0.05) is 24.3 Å². The van der Waals surface area contributed by atoms with E-state index in [9.17, 15) is 62.3 Å². The van der Waals surface area contributed by atoms with E-state index in [-0.39, 0.29) is 13.8 Å². The standard InChI is InChI=1S/C16H10F12O4/c1-7(29)31-11(13(17,18)19,14(20,21)22)9-3-5-10(6-4-9)12(15(23,24)25,16(26,27)28)32-8(2)30/h3-6H,1-2H3. The van der Waals surface area contributed by atoms with Crippen LogP contribution in [0, 0.1) is 0 Å². The van der Waals surface area contributed by atoms with Gasteiger partial charge in [0.25, 0.3) is 0 Å². The molecule has 0 bridgehead atoms. The first-order chi connectivity index (χ1) is 14.0. The lowest BCUT2D eigenvalue weighted by atomic mass is 9.86. The summed E-state index contributed by atoms with van der Waals surface area (Å²) in [5.41, 5.74) is -14.9. The van der Waals surface area contributed by atoms with Crippen LogP contribution in [0.1, 0.15) is 25.0 Å². The van der Waals surface area contributed by atoms with E-state index in [4.69, 9.17) is 0 Å². The number of alkyl halides is 12. The van der Waals surface area contributed by atoms with Crippen molar-refractivity contribution in [1.29, 1.82) is 0 Å². The molecule has 0 aliphatic rings. The van der Waals surface area contributed by atoms with Crippen LogP contribution in [0.4, 0.5) is 52.7 Å². The van der Waals surface area contributed by atoms with Crippen molar-refractivity contribution in [2.45, 2.75) is 49.8 Å². The third kappa shape index (κ3) is 4.44. The second-order valence-corrected chi connectivity index (χ2v) is 6.12. The van der Waals surface area contributed by atoms with Gasteiger partial charge in [-0.3, -0.25) is 9.59 Å². The van der Waals surface area contributed by atoms with Gasteiger partial charge in [-0.25, -0.2) is 0 Å². The molecule has 1 rings (SSSR count). The minimum Gasteiger partial charge on any atom is -0.435 e. The van der Waals surface area contributed by atoms with Gasteiger partial charge in [-0.15, -0.1) is 0 Å². The van der Waals surface area contributed by atoms with E-state index < -0.39 is 83.2 Å². The molecule has 1 aromatic rings. The zero-order valence-electron chi connectivity index (χ0n) is 15.5. The van der Waals surface area contributed by atoms with E-state index in [0.29, 0.717) is 0 Å². The Labute approximate surface area is 170 Å². The largest absolute Gasteiger partial charge is 0.442 e. The maximum absolute atomic E-state index is 13.4. The molecule has 16 heteroatoms. The Morgan fingerprint density at radius 3 is 0.844 bits per heavy atom. The summed E-state index contributed by atoms with van der Waals surface area (Å²) in [5, 5.41) is 0. The van der Waals surface area contributed by atoms with Crippen LogP contribution in [-0.2, 0) is 30.3 Å². The molecule has 4 nitrogen and oxygen atoms in total. The maximum Gasteiger partial charge on any atom is 0.442 e.